The number of hydrogen-bond acceptors (Lipinski definition) is 3. The molecule has 134 valence electrons. The zero-order valence-corrected chi connectivity index (χ0v) is 14.7. The van der Waals surface area contributed by atoms with Crippen LogP contribution in [0, 0.1) is 11.8 Å². The Hall–Kier alpha value is -1.88. The van der Waals surface area contributed by atoms with Crippen LogP contribution in [0.15, 0.2) is 30.3 Å². The largest absolute Gasteiger partial charge is 0.325 e. The minimum atomic E-state index is -0.718. The van der Waals surface area contributed by atoms with Gasteiger partial charge in [0.1, 0.15) is 5.54 Å². The molecule has 0 radical (unpaired) electrons. The van der Waals surface area contributed by atoms with E-state index in [9.17, 15) is 9.59 Å². The van der Waals surface area contributed by atoms with Crippen LogP contribution in [0.1, 0.15) is 37.7 Å². The second-order valence-corrected chi connectivity index (χ2v) is 7.77. The maximum absolute atomic E-state index is 13.3. The van der Waals surface area contributed by atoms with Crippen LogP contribution in [-0.2, 0) is 11.2 Å². The van der Waals surface area contributed by atoms with Gasteiger partial charge in [-0.15, -0.1) is 0 Å². The van der Waals surface area contributed by atoms with E-state index in [4.69, 9.17) is 0 Å². The van der Waals surface area contributed by atoms with Crippen LogP contribution in [-0.4, -0.2) is 42.0 Å². The van der Waals surface area contributed by atoms with Crippen molar-refractivity contribution in [1.29, 1.82) is 0 Å². The third-order valence-electron chi connectivity index (χ3n) is 6.03. The number of piperidine rings is 1. The molecule has 3 aliphatic rings. The number of nitrogens with one attached hydrogen (secondary N) is 2. The lowest BCUT2D eigenvalue weighted by molar-refractivity contribution is -0.134. The highest BCUT2D eigenvalue weighted by Gasteiger charge is 2.55. The average Bonchev–Trinajstić information content (AvgIpc) is 3.44. The average molecular weight is 341 g/mol. The van der Waals surface area contributed by atoms with Crippen molar-refractivity contribution in [3.05, 3.63) is 35.9 Å². The Bertz CT molecular complexity index is 638. The van der Waals surface area contributed by atoms with Crippen LogP contribution in [0.25, 0.3) is 0 Å². The van der Waals surface area contributed by atoms with Crippen molar-refractivity contribution in [2.45, 2.75) is 44.1 Å². The smallest absolute Gasteiger partial charge is 0.323 e. The maximum atomic E-state index is 13.3. The molecule has 0 spiro atoms. The summed E-state index contributed by atoms with van der Waals surface area (Å²) in [6, 6.07) is 10.1. The maximum Gasteiger partial charge on any atom is 0.325 e. The second kappa shape index (κ2) is 6.79. The molecule has 0 aromatic heterocycles. The number of imide groups is 1. The minimum absolute atomic E-state index is 0.0206. The van der Waals surface area contributed by atoms with Crippen LogP contribution >= 0.6 is 0 Å². The Morgan fingerprint density at radius 2 is 1.76 bits per heavy atom. The van der Waals surface area contributed by atoms with E-state index in [2.05, 4.69) is 22.8 Å². The number of carbonyl (C=O) groups excluding carboxylic acids is 2. The molecule has 5 nitrogen and oxygen atoms in total. The molecule has 2 N–H and O–H groups in total. The van der Waals surface area contributed by atoms with E-state index in [1.807, 2.05) is 18.2 Å². The van der Waals surface area contributed by atoms with E-state index < -0.39 is 5.54 Å². The number of hydrogen-bond donors (Lipinski definition) is 2. The summed E-state index contributed by atoms with van der Waals surface area (Å²) >= 11 is 0. The van der Waals surface area contributed by atoms with Gasteiger partial charge in [0.15, 0.2) is 0 Å². The number of urea groups is 1. The first kappa shape index (κ1) is 16.6. The number of nitrogens with zero attached hydrogens (tertiary/aromatic N) is 1. The van der Waals surface area contributed by atoms with E-state index in [0.717, 1.165) is 45.2 Å². The van der Waals surface area contributed by atoms with Crippen molar-refractivity contribution < 1.29 is 9.59 Å². The van der Waals surface area contributed by atoms with Gasteiger partial charge in [-0.3, -0.25) is 9.69 Å². The molecule has 1 aromatic carbocycles. The Morgan fingerprint density at radius 3 is 2.44 bits per heavy atom. The number of aryl methyl sites for hydroxylation is 1. The summed E-state index contributed by atoms with van der Waals surface area (Å²) in [6.45, 7) is 2.44. The molecule has 2 saturated heterocycles. The minimum Gasteiger partial charge on any atom is -0.323 e. The monoisotopic (exact) mass is 341 g/mol. The fraction of sp³-hybridized carbons (Fsp3) is 0.600. The molecule has 1 aliphatic carbocycles. The summed E-state index contributed by atoms with van der Waals surface area (Å²) in [6.07, 6.45) is 5.67. The Kier molecular flexibility index (Phi) is 4.50. The number of amides is 3. The topological polar surface area (TPSA) is 61.4 Å². The van der Waals surface area contributed by atoms with Gasteiger partial charge in [-0.2, -0.15) is 0 Å². The Balaban J connectivity index is 1.57. The van der Waals surface area contributed by atoms with Crippen molar-refractivity contribution in [3.63, 3.8) is 0 Å². The fourth-order valence-electron chi connectivity index (χ4n) is 4.32. The molecule has 4 rings (SSSR count). The molecule has 1 atom stereocenters. The quantitative estimate of drug-likeness (QED) is 0.781. The lowest BCUT2D eigenvalue weighted by Gasteiger charge is -2.38. The zero-order chi connectivity index (χ0) is 17.3. The first-order valence-corrected chi connectivity index (χ1v) is 9.58. The van der Waals surface area contributed by atoms with Gasteiger partial charge < -0.3 is 10.6 Å². The summed E-state index contributed by atoms with van der Waals surface area (Å²) in [4.78, 5) is 27.4. The summed E-state index contributed by atoms with van der Waals surface area (Å²) in [7, 11) is 0. The van der Waals surface area contributed by atoms with Crippen molar-refractivity contribution in [1.82, 2.24) is 15.5 Å². The van der Waals surface area contributed by atoms with Crippen LogP contribution in [0.3, 0.4) is 0 Å². The summed E-state index contributed by atoms with van der Waals surface area (Å²) in [5.41, 5.74) is 0.502. The van der Waals surface area contributed by atoms with Crippen molar-refractivity contribution in [2.75, 3.05) is 19.6 Å². The molecular weight excluding hydrogens is 314 g/mol. The van der Waals surface area contributed by atoms with Gasteiger partial charge in [-0.1, -0.05) is 30.3 Å². The van der Waals surface area contributed by atoms with E-state index in [1.165, 1.54) is 10.5 Å². The van der Waals surface area contributed by atoms with Gasteiger partial charge in [-0.05, 0) is 69.0 Å². The van der Waals surface area contributed by atoms with E-state index in [0.29, 0.717) is 18.9 Å². The van der Waals surface area contributed by atoms with Gasteiger partial charge in [-0.25, -0.2) is 4.79 Å². The Morgan fingerprint density at radius 1 is 1.04 bits per heavy atom. The molecule has 1 saturated carbocycles. The molecule has 25 heavy (non-hydrogen) atoms. The highest BCUT2D eigenvalue weighted by molar-refractivity contribution is 6.07. The van der Waals surface area contributed by atoms with Crippen LogP contribution in [0.2, 0.25) is 0 Å². The van der Waals surface area contributed by atoms with Crippen LogP contribution in [0.4, 0.5) is 4.79 Å². The third-order valence-corrected chi connectivity index (χ3v) is 6.03. The van der Waals surface area contributed by atoms with Gasteiger partial charge >= 0.3 is 6.03 Å². The molecule has 3 fully saturated rings. The van der Waals surface area contributed by atoms with Crippen molar-refractivity contribution in [3.8, 4) is 0 Å². The highest BCUT2D eigenvalue weighted by Crippen LogP contribution is 2.38. The summed E-state index contributed by atoms with van der Waals surface area (Å²) in [5.74, 6) is 0.762. The van der Waals surface area contributed by atoms with Gasteiger partial charge in [0.05, 0.1) is 0 Å². The molecule has 2 aliphatic heterocycles. The third kappa shape index (κ3) is 3.30. The lowest BCUT2D eigenvalue weighted by atomic mass is 9.74. The molecule has 1 aromatic rings. The first-order chi connectivity index (χ1) is 12.2. The summed E-state index contributed by atoms with van der Waals surface area (Å²) in [5, 5.41) is 6.52. The molecule has 0 unspecified atom stereocenters. The summed E-state index contributed by atoms with van der Waals surface area (Å²) < 4.78 is 0. The predicted molar refractivity (Wildman–Crippen MR) is 96.1 cm³/mol. The SMILES string of the molecule is O=C1N[C@@](CCc2ccccc2)(C2CCNCC2)C(=O)N1CC1CC1. The van der Waals surface area contributed by atoms with Crippen molar-refractivity contribution >= 4 is 11.9 Å². The number of benzene rings is 1. The fourth-order valence-corrected chi connectivity index (χ4v) is 4.32. The molecular formula is C20H27N3O2. The molecule has 5 heteroatoms. The molecule has 3 amide bonds. The van der Waals surface area contributed by atoms with Gasteiger partial charge in [0, 0.05) is 6.54 Å². The predicted octanol–water partition coefficient (Wildman–Crippen LogP) is 2.32. The highest BCUT2D eigenvalue weighted by atomic mass is 16.2. The normalized spacial score (nSPS) is 27.6. The standard InChI is InChI=1S/C20H27N3O2/c24-18-20(17-9-12-21-13-10-17,11-8-15-4-2-1-3-5-15)22-19(25)23(18)14-16-6-7-16/h1-5,16-17,21H,6-14H2,(H,22,25)/t20-/m0/s1. The van der Waals surface area contributed by atoms with E-state index >= 15 is 0 Å². The molecule has 2 heterocycles. The van der Waals surface area contributed by atoms with Crippen LogP contribution in [0.5, 0.6) is 0 Å². The van der Waals surface area contributed by atoms with Gasteiger partial charge in [0.25, 0.3) is 5.91 Å². The van der Waals surface area contributed by atoms with Crippen LogP contribution < -0.4 is 10.6 Å². The molecule has 0 bridgehead atoms. The lowest BCUT2D eigenvalue weighted by Crippen LogP contribution is -2.56. The zero-order valence-electron chi connectivity index (χ0n) is 14.7. The van der Waals surface area contributed by atoms with Gasteiger partial charge in [0.2, 0.25) is 0 Å². The van der Waals surface area contributed by atoms with Crippen molar-refractivity contribution in [2.24, 2.45) is 11.8 Å². The number of rotatable bonds is 6. The van der Waals surface area contributed by atoms with E-state index in [1.54, 1.807) is 0 Å². The Labute approximate surface area is 149 Å². The first-order valence-electron chi connectivity index (χ1n) is 9.58. The number of carbonyl (C=O) groups is 2. The second-order valence-electron chi connectivity index (χ2n) is 7.77. The van der Waals surface area contributed by atoms with E-state index in [-0.39, 0.29) is 17.9 Å².